The first-order valence-electron chi connectivity index (χ1n) is 5.37. The van der Waals surface area contributed by atoms with Crippen molar-refractivity contribution in [1.82, 2.24) is 0 Å². The Morgan fingerprint density at radius 1 is 1.33 bits per heavy atom. The molecule has 0 aromatic heterocycles. The van der Waals surface area contributed by atoms with Gasteiger partial charge in [-0.1, -0.05) is 30.2 Å². The lowest BCUT2D eigenvalue weighted by Crippen LogP contribution is -2.11. The fraction of sp³-hybridized carbons (Fsp3) is 0.500. The lowest BCUT2D eigenvalue weighted by molar-refractivity contribution is 0.591. The summed E-state index contributed by atoms with van der Waals surface area (Å²) in [5.41, 5.74) is 13.8. The number of aryl methyl sites for hydroxylation is 1. The second-order valence-electron chi connectivity index (χ2n) is 3.90. The third-order valence-corrected chi connectivity index (χ3v) is 3.00. The Labute approximate surface area is 96.6 Å². The molecule has 0 aliphatic rings. The zero-order valence-corrected chi connectivity index (χ0v) is 9.93. The number of hydrogen-bond acceptors (Lipinski definition) is 2. The molecule has 0 unspecified atom stereocenters. The second kappa shape index (κ2) is 6.11. The van der Waals surface area contributed by atoms with Crippen LogP contribution in [0.3, 0.4) is 0 Å². The van der Waals surface area contributed by atoms with Crippen LogP contribution >= 0.6 is 11.6 Å². The van der Waals surface area contributed by atoms with Crippen LogP contribution in [0.2, 0.25) is 5.02 Å². The van der Waals surface area contributed by atoms with Crippen LogP contribution in [0, 0.1) is 6.92 Å². The van der Waals surface area contributed by atoms with Crippen molar-refractivity contribution in [3.05, 3.63) is 34.3 Å². The molecule has 0 heterocycles. The predicted octanol–water partition coefficient (Wildman–Crippen LogP) is 2.78. The Balaban J connectivity index is 2.57. The van der Waals surface area contributed by atoms with Crippen molar-refractivity contribution >= 4 is 11.6 Å². The smallest absolute Gasteiger partial charge is 0.0435 e. The zero-order chi connectivity index (χ0) is 11.3. The molecule has 1 atom stereocenters. The first-order valence-corrected chi connectivity index (χ1v) is 5.74. The highest BCUT2D eigenvalue weighted by Crippen LogP contribution is 2.22. The zero-order valence-electron chi connectivity index (χ0n) is 9.17. The van der Waals surface area contributed by atoms with Crippen LogP contribution in [0.25, 0.3) is 0 Å². The number of unbranched alkanes of at least 4 members (excludes halogenated alkanes) is 1. The molecule has 0 bridgehead atoms. The van der Waals surface area contributed by atoms with E-state index in [9.17, 15) is 0 Å². The minimum Gasteiger partial charge on any atom is -0.330 e. The monoisotopic (exact) mass is 226 g/mol. The van der Waals surface area contributed by atoms with Gasteiger partial charge in [-0.15, -0.1) is 0 Å². The van der Waals surface area contributed by atoms with Gasteiger partial charge in [0.1, 0.15) is 0 Å². The average Bonchev–Trinajstić information content (AvgIpc) is 2.22. The fourth-order valence-electron chi connectivity index (χ4n) is 1.57. The van der Waals surface area contributed by atoms with Crippen LogP contribution in [0.1, 0.15) is 36.4 Å². The molecule has 2 nitrogen and oxygen atoms in total. The maximum Gasteiger partial charge on any atom is 0.0435 e. The van der Waals surface area contributed by atoms with E-state index in [0.29, 0.717) is 0 Å². The van der Waals surface area contributed by atoms with Gasteiger partial charge in [-0.05, 0) is 43.5 Å². The standard InChI is InChI=1S/C12H19ClN2/c1-9-8-10(5-6-11(9)13)12(15)4-2-3-7-14/h5-6,8,12H,2-4,7,14-15H2,1H3/t12-/m1/s1. The van der Waals surface area contributed by atoms with Crippen molar-refractivity contribution < 1.29 is 0 Å². The number of halogens is 1. The molecule has 1 rings (SSSR count). The SMILES string of the molecule is Cc1cc([C@H](N)CCCCN)ccc1Cl. The molecule has 0 aliphatic heterocycles. The molecule has 4 N–H and O–H groups in total. The third kappa shape index (κ3) is 3.82. The molecular formula is C12H19ClN2. The Morgan fingerprint density at radius 2 is 2.07 bits per heavy atom. The van der Waals surface area contributed by atoms with E-state index < -0.39 is 0 Å². The Kier molecular flexibility index (Phi) is 5.09. The molecule has 1 aromatic carbocycles. The van der Waals surface area contributed by atoms with Crippen LogP contribution in [0.4, 0.5) is 0 Å². The normalized spacial score (nSPS) is 12.8. The van der Waals surface area contributed by atoms with Crippen LogP contribution in [0.15, 0.2) is 18.2 Å². The number of hydrogen-bond donors (Lipinski definition) is 2. The molecule has 0 fully saturated rings. The predicted molar refractivity (Wildman–Crippen MR) is 66.0 cm³/mol. The molecule has 0 saturated carbocycles. The van der Waals surface area contributed by atoms with Crippen molar-refractivity contribution in [1.29, 1.82) is 0 Å². The van der Waals surface area contributed by atoms with Gasteiger partial charge in [0.2, 0.25) is 0 Å². The van der Waals surface area contributed by atoms with E-state index in [-0.39, 0.29) is 6.04 Å². The summed E-state index contributed by atoms with van der Waals surface area (Å²) >= 11 is 5.95. The maximum absolute atomic E-state index is 6.07. The quantitative estimate of drug-likeness (QED) is 0.759. The van der Waals surface area contributed by atoms with Gasteiger partial charge >= 0.3 is 0 Å². The van der Waals surface area contributed by atoms with Crippen LogP contribution < -0.4 is 11.5 Å². The molecule has 1 aromatic rings. The van der Waals surface area contributed by atoms with Gasteiger partial charge in [-0.25, -0.2) is 0 Å². The van der Waals surface area contributed by atoms with Gasteiger partial charge in [-0.3, -0.25) is 0 Å². The lowest BCUT2D eigenvalue weighted by atomic mass is 10.0. The van der Waals surface area contributed by atoms with Crippen molar-refractivity contribution in [2.75, 3.05) is 6.54 Å². The van der Waals surface area contributed by atoms with E-state index in [1.54, 1.807) is 0 Å². The molecule has 0 radical (unpaired) electrons. The summed E-state index contributed by atoms with van der Waals surface area (Å²) in [5.74, 6) is 0. The van der Waals surface area contributed by atoms with E-state index >= 15 is 0 Å². The van der Waals surface area contributed by atoms with E-state index in [4.69, 9.17) is 23.1 Å². The summed E-state index contributed by atoms with van der Waals surface area (Å²) in [5, 5.41) is 0.799. The Hall–Kier alpha value is -0.570. The molecular weight excluding hydrogens is 208 g/mol. The van der Waals surface area contributed by atoms with Crippen molar-refractivity contribution in [3.63, 3.8) is 0 Å². The summed E-state index contributed by atoms with van der Waals surface area (Å²) in [7, 11) is 0. The highest BCUT2D eigenvalue weighted by molar-refractivity contribution is 6.31. The summed E-state index contributed by atoms with van der Waals surface area (Å²) < 4.78 is 0. The Morgan fingerprint density at radius 3 is 2.67 bits per heavy atom. The van der Waals surface area contributed by atoms with Gasteiger partial charge in [0.15, 0.2) is 0 Å². The van der Waals surface area contributed by atoms with E-state index in [0.717, 1.165) is 42.0 Å². The van der Waals surface area contributed by atoms with Gasteiger partial charge in [0, 0.05) is 11.1 Å². The molecule has 3 heteroatoms. The van der Waals surface area contributed by atoms with Crippen LogP contribution in [0.5, 0.6) is 0 Å². The van der Waals surface area contributed by atoms with Gasteiger partial charge < -0.3 is 11.5 Å². The van der Waals surface area contributed by atoms with Crippen LogP contribution in [-0.2, 0) is 0 Å². The molecule has 0 aliphatic carbocycles. The minimum atomic E-state index is 0.104. The van der Waals surface area contributed by atoms with E-state index in [1.165, 1.54) is 0 Å². The van der Waals surface area contributed by atoms with E-state index in [1.807, 2.05) is 19.1 Å². The number of benzene rings is 1. The lowest BCUT2D eigenvalue weighted by Gasteiger charge is -2.12. The first kappa shape index (κ1) is 12.5. The molecule has 0 amide bonds. The first-order chi connectivity index (χ1) is 7.15. The fourth-order valence-corrected chi connectivity index (χ4v) is 1.69. The topological polar surface area (TPSA) is 52.0 Å². The molecule has 0 spiro atoms. The molecule has 15 heavy (non-hydrogen) atoms. The highest BCUT2D eigenvalue weighted by Gasteiger charge is 2.06. The number of rotatable bonds is 5. The van der Waals surface area contributed by atoms with Crippen molar-refractivity contribution in [3.8, 4) is 0 Å². The largest absolute Gasteiger partial charge is 0.330 e. The highest BCUT2D eigenvalue weighted by atomic mass is 35.5. The summed E-state index contributed by atoms with van der Waals surface area (Å²) in [6, 6.07) is 6.08. The summed E-state index contributed by atoms with van der Waals surface area (Å²) in [6.45, 7) is 2.74. The van der Waals surface area contributed by atoms with Crippen molar-refractivity contribution in [2.24, 2.45) is 11.5 Å². The van der Waals surface area contributed by atoms with Crippen LogP contribution in [-0.4, -0.2) is 6.54 Å². The number of nitrogens with two attached hydrogens (primary N) is 2. The van der Waals surface area contributed by atoms with Gasteiger partial charge in [0.05, 0.1) is 0 Å². The van der Waals surface area contributed by atoms with Gasteiger partial charge in [-0.2, -0.15) is 0 Å². The summed E-state index contributed by atoms with van der Waals surface area (Å²) in [4.78, 5) is 0. The summed E-state index contributed by atoms with van der Waals surface area (Å²) in [6.07, 6.45) is 3.11. The maximum atomic E-state index is 6.07. The Bertz CT molecular complexity index is 312. The average molecular weight is 227 g/mol. The van der Waals surface area contributed by atoms with E-state index in [2.05, 4.69) is 6.07 Å². The molecule has 84 valence electrons. The minimum absolute atomic E-state index is 0.104. The van der Waals surface area contributed by atoms with Gasteiger partial charge in [0.25, 0.3) is 0 Å². The van der Waals surface area contributed by atoms with Crippen molar-refractivity contribution in [2.45, 2.75) is 32.2 Å². The second-order valence-corrected chi connectivity index (χ2v) is 4.31. The third-order valence-electron chi connectivity index (χ3n) is 2.58. The molecule has 0 saturated heterocycles.